The summed E-state index contributed by atoms with van der Waals surface area (Å²) in [5, 5.41) is 13.5. The van der Waals surface area contributed by atoms with Crippen molar-refractivity contribution in [3.8, 4) is 5.75 Å². The number of carboxylic acid groups (broad SMARTS) is 1. The molecule has 4 aromatic rings. The van der Waals surface area contributed by atoms with Gasteiger partial charge in [0, 0.05) is 65.5 Å². The number of halogens is 1. The van der Waals surface area contributed by atoms with E-state index in [0.29, 0.717) is 24.2 Å². The maximum absolute atomic E-state index is 13.4. The Labute approximate surface area is 229 Å². The molecule has 3 heterocycles. The molecule has 9 nitrogen and oxygen atoms in total. The van der Waals surface area contributed by atoms with Gasteiger partial charge in [0.05, 0.1) is 11.3 Å². The third-order valence-corrected chi connectivity index (χ3v) is 6.74. The molecular formula is C30H27FN4O5. The van der Waals surface area contributed by atoms with Crippen LogP contribution in [0.4, 0.5) is 9.18 Å². The van der Waals surface area contributed by atoms with Gasteiger partial charge in [-0.1, -0.05) is 19.9 Å². The summed E-state index contributed by atoms with van der Waals surface area (Å²) in [5.74, 6) is -1.84. The molecule has 2 amide bonds. The monoisotopic (exact) mass is 542 g/mol. The number of aromatic amines is 1. The lowest BCUT2D eigenvalue weighted by Crippen LogP contribution is -2.36. The van der Waals surface area contributed by atoms with E-state index in [4.69, 9.17) is 4.74 Å². The zero-order chi connectivity index (χ0) is 28.4. The Hall–Kier alpha value is -4.99. The molecule has 0 spiro atoms. The number of fused-ring (bicyclic) bond motifs is 3. The Bertz CT molecular complexity index is 1630. The molecule has 10 heteroatoms. The summed E-state index contributed by atoms with van der Waals surface area (Å²) in [7, 11) is 0. The Kier molecular flexibility index (Phi) is 7.08. The molecule has 40 heavy (non-hydrogen) atoms. The van der Waals surface area contributed by atoms with Crippen molar-refractivity contribution in [2.75, 3.05) is 13.1 Å². The number of H-pyrrole nitrogens is 1. The van der Waals surface area contributed by atoms with Gasteiger partial charge in [0.15, 0.2) is 0 Å². The first-order valence-electron chi connectivity index (χ1n) is 12.7. The van der Waals surface area contributed by atoms with E-state index in [9.17, 15) is 23.9 Å². The van der Waals surface area contributed by atoms with Crippen molar-refractivity contribution >= 4 is 34.4 Å². The summed E-state index contributed by atoms with van der Waals surface area (Å²) in [6, 6.07) is 15.7. The highest BCUT2D eigenvalue weighted by atomic mass is 19.1. The van der Waals surface area contributed by atoms with E-state index in [1.54, 1.807) is 24.4 Å². The lowest BCUT2D eigenvalue weighted by atomic mass is 9.81. The summed E-state index contributed by atoms with van der Waals surface area (Å²) >= 11 is 0. The SMILES string of the molecule is CC1(C)CN(C(=O)c2ccc(F)cc2)C=C(C(=O)O)c2[nH]c3cc(OC(=O)NCCc4ccccn4)ccc3c21. The van der Waals surface area contributed by atoms with Gasteiger partial charge in [-0.3, -0.25) is 9.78 Å². The Morgan fingerprint density at radius 3 is 2.60 bits per heavy atom. The summed E-state index contributed by atoms with van der Waals surface area (Å²) in [5.41, 5.74) is 1.98. The number of pyridine rings is 1. The molecule has 5 rings (SSSR count). The number of ether oxygens (including phenoxy) is 1. The summed E-state index contributed by atoms with van der Waals surface area (Å²) in [6.45, 7) is 4.37. The molecule has 2 aromatic heterocycles. The van der Waals surface area contributed by atoms with Crippen LogP contribution in [0.25, 0.3) is 16.5 Å². The number of hydrogen-bond donors (Lipinski definition) is 3. The number of amides is 2. The second-order valence-electron chi connectivity index (χ2n) is 10.1. The van der Waals surface area contributed by atoms with Crippen molar-refractivity contribution in [1.29, 1.82) is 0 Å². The number of aromatic nitrogens is 2. The molecular weight excluding hydrogens is 515 g/mol. The fourth-order valence-electron chi connectivity index (χ4n) is 4.95. The van der Waals surface area contributed by atoms with Crippen LogP contribution < -0.4 is 10.1 Å². The van der Waals surface area contributed by atoms with Crippen LogP contribution in [0, 0.1) is 5.82 Å². The van der Waals surface area contributed by atoms with Crippen LogP contribution in [0.2, 0.25) is 0 Å². The number of carbonyl (C=O) groups is 3. The molecule has 2 aromatic carbocycles. The van der Waals surface area contributed by atoms with Crippen LogP contribution in [0.3, 0.4) is 0 Å². The predicted molar refractivity (Wildman–Crippen MR) is 146 cm³/mol. The normalized spacial score (nSPS) is 14.2. The van der Waals surface area contributed by atoms with Crippen molar-refractivity contribution in [1.82, 2.24) is 20.2 Å². The molecule has 0 aliphatic carbocycles. The predicted octanol–water partition coefficient (Wildman–Crippen LogP) is 4.89. The molecule has 0 radical (unpaired) electrons. The topological polar surface area (TPSA) is 125 Å². The number of nitrogens with zero attached hydrogens (tertiary/aromatic N) is 2. The largest absolute Gasteiger partial charge is 0.478 e. The number of rotatable bonds is 6. The molecule has 0 fully saturated rings. The molecule has 0 saturated heterocycles. The fourth-order valence-corrected chi connectivity index (χ4v) is 4.95. The number of benzene rings is 2. The van der Waals surface area contributed by atoms with E-state index in [2.05, 4.69) is 15.3 Å². The number of carboxylic acids is 1. The van der Waals surface area contributed by atoms with Gasteiger partial charge in [-0.05, 0) is 54.1 Å². The Balaban J connectivity index is 1.41. The van der Waals surface area contributed by atoms with Crippen molar-refractivity contribution in [2.45, 2.75) is 25.7 Å². The van der Waals surface area contributed by atoms with Gasteiger partial charge in [-0.25, -0.2) is 14.0 Å². The number of aliphatic carboxylic acids is 1. The van der Waals surface area contributed by atoms with E-state index in [0.717, 1.165) is 16.6 Å². The molecule has 0 unspecified atom stereocenters. The van der Waals surface area contributed by atoms with E-state index in [1.165, 1.54) is 35.4 Å². The standard InChI is InChI=1S/C30H27FN4O5/c1-30(2)17-35(27(36)18-6-8-19(31)9-7-18)16-23(28(37)38)26-25(30)22-11-10-21(15-24(22)34-26)40-29(39)33-14-12-20-5-3-4-13-32-20/h3-11,13,15-16,34H,12,14,17H2,1-2H3,(H,33,39)(H,37,38). The minimum atomic E-state index is -1.22. The van der Waals surface area contributed by atoms with Crippen molar-refractivity contribution < 1.29 is 28.6 Å². The smallest absolute Gasteiger partial charge is 0.412 e. The van der Waals surface area contributed by atoms with Gasteiger partial charge in [-0.2, -0.15) is 0 Å². The van der Waals surface area contributed by atoms with Gasteiger partial charge in [0.1, 0.15) is 11.6 Å². The van der Waals surface area contributed by atoms with Crippen LogP contribution >= 0.6 is 0 Å². The zero-order valence-corrected chi connectivity index (χ0v) is 21.9. The first kappa shape index (κ1) is 26.6. The van der Waals surface area contributed by atoms with Crippen molar-refractivity contribution in [3.05, 3.63) is 101 Å². The highest BCUT2D eigenvalue weighted by Gasteiger charge is 2.37. The van der Waals surface area contributed by atoms with E-state index < -0.39 is 29.2 Å². The Morgan fingerprint density at radius 1 is 1.12 bits per heavy atom. The van der Waals surface area contributed by atoms with Crippen LogP contribution in [0.5, 0.6) is 5.75 Å². The molecule has 0 saturated carbocycles. The van der Waals surface area contributed by atoms with Crippen molar-refractivity contribution in [3.63, 3.8) is 0 Å². The zero-order valence-electron chi connectivity index (χ0n) is 21.9. The molecule has 1 aliphatic rings. The van der Waals surface area contributed by atoms with Crippen LogP contribution in [-0.2, 0) is 16.6 Å². The van der Waals surface area contributed by atoms with Gasteiger partial charge in [0.25, 0.3) is 5.91 Å². The number of nitrogens with one attached hydrogen (secondary N) is 2. The van der Waals surface area contributed by atoms with E-state index in [1.807, 2.05) is 32.0 Å². The molecule has 0 atom stereocenters. The number of carbonyl (C=O) groups excluding carboxylic acids is 2. The van der Waals surface area contributed by atoms with Crippen LogP contribution in [0.15, 0.2) is 73.1 Å². The molecule has 1 aliphatic heterocycles. The van der Waals surface area contributed by atoms with Gasteiger partial charge < -0.3 is 25.0 Å². The average Bonchev–Trinajstić information content (AvgIpc) is 3.25. The van der Waals surface area contributed by atoms with E-state index >= 15 is 0 Å². The summed E-state index contributed by atoms with van der Waals surface area (Å²) in [6.07, 6.45) is 2.93. The highest BCUT2D eigenvalue weighted by molar-refractivity contribution is 6.17. The van der Waals surface area contributed by atoms with Crippen LogP contribution in [0.1, 0.15) is 41.2 Å². The fraction of sp³-hybridized carbons (Fsp3) is 0.200. The first-order valence-corrected chi connectivity index (χ1v) is 12.7. The third kappa shape index (κ3) is 5.42. The van der Waals surface area contributed by atoms with Gasteiger partial charge >= 0.3 is 12.1 Å². The first-order chi connectivity index (χ1) is 19.1. The number of hydrogen-bond acceptors (Lipinski definition) is 5. The average molecular weight is 543 g/mol. The van der Waals surface area contributed by atoms with Gasteiger partial charge in [-0.15, -0.1) is 0 Å². The lowest BCUT2D eigenvalue weighted by Gasteiger charge is -2.29. The second-order valence-corrected chi connectivity index (χ2v) is 10.1. The third-order valence-electron chi connectivity index (χ3n) is 6.74. The summed E-state index contributed by atoms with van der Waals surface area (Å²) < 4.78 is 18.8. The Morgan fingerprint density at radius 2 is 1.90 bits per heavy atom. The maximum Gasteiger partial charge on any atom is 0.412 e. The highest BCUT2D eigenvalue weighted by Crippen LogP contribution is 2.41. The molecule has 0 bridgehead atoms. The lowest BCUT2D eigenvalue weighted by molar-refractivity contribution is -0.130. The maximum atomic E-state index is 13.4. The second kappa shape index (κ2) is 10.6. The van der Waals surface area contributed by atoms with Crippen molar-refractivity contribution in [2.24, 2.45) is 0 Å². The molecule has 3 N–H and O–H groups in total. The van der Waals surface area contributed by atoms with Crippen LogP contribution in [-0.4, -0.2) is 51.0 Å². The minimum Gasteiger partial charge on any atom is -0.478 e. The van der Waals surface area contributed by atoms with E-state index in [-0.39, 0.29) is 23.4 Å². The minimum absolute atomic E-state index is 0.0954. The quantitative estimate of drug-likeness (QED) is 0.319. The molecule has 204 valence electrons. The summed E-state index contributed by atoms with van der Waals surface area (Å²) in [4.78, 5) is 46.7. The van der Waals surface area contributed by atoms with Gasteiger partial charge in [0.2, 0.25) is 0 Å².